The van der Waals surface area contributed by atoms with Crippen LogP contribution < -0.4 is 10.1 Å². The number of hydrogen-bond acceptors (Lipinski definition) is 5. The van der Waals surface area contributed by atoms with Crippen molar-refractivity contribution in [3.8, 4) is 17.2 Å². The predicted octanol–water partition coefficient (Wildman–Crippen LogP) is 4.91. The van der Waals surface area contributed by atoms with Crippen molar-refractivity contribution in [1.82, 2.24) is 9.97 Å². The second-order valence-electron chi connectivity index (χ2n) is 5.73. The van der Waals surface area contributed by atoms with Gasteiger partial charge in [0.25, 0.3) is 5.91 Å². The van der Waals surface area contributed by atoms with Gasteiger partial charge < -0.3 is 14.5 Å². The van der Waals surface area contributed by atoms with Crippen LogP contribution in [0.25, 0.3) is 22.7 Å². The third-order valence-corrected chi connectivity index (χ3v) is 4.57. The van der Waals surface area contributed by atoms with Crippen molar-refractivity contribution < 1.29 is 13.9 Å². The number of pyridine rings is 1. The van der Waals surface area contributed by atoms with Crippen LogP contribution in [-0.2, 0) is 0 Å². The average molecular weight is 424 g/mol. The van der Waals surface area contributed by atoms with Gasteiger partial charge in [-0.15, -0.1) is 0 Å². The number of methoxy groups -OCH3 is 1. The van der Waals surface area contributed by atoms with Gasteiger partial charge in [0.05, 0.1) is 11.6 Å². The quantitative estimate of drug-likeness (QED) is 0.504. The number of benzene rings is 2. The molecule has 0 saturated heterocycles. The van der Waals surface area contributed by atoms with Gasteiger partial charge in [-0.05, 0) is 64.5 Å². The van der Waals surface area contributed by atoms with Gasteiger partial charge in [-0.1, -0.05) is 6.07 Å². The van der Waals surface area contributed by atoms with Crippen LogP contribution in [0.1, 0.15) is 10.4 Å². The number of carbonyl (C=O) groups excluding carboxylic acids is 1. The van der Waals surface area contributed by atoms with E-state index in [0.29, 0.717) is 38.6 Å². The number of aromatic nitrogens is 2. The molecule has 0 aliphatic rings. The Kier molecular flexibility index (Phi) is 4.60. The van der Waals surface area contributed by atoms with Crippen LogP contribution in [-0.4, -0.2) is 23.0 Å². The summed E-state index contributed by atoms with van der Waals surface area (Å²) in [6, 6.07) is 16.1. The van der Waals surface area contributed by atoms with Crippen LogP contribution in [0.5, 0.6) is 5.75 Å². The third-order valence-electron chi connectivity index (χ3n) is 3.95. The number of amides is 1. The lowest BCUT2D eigenvalue weighted by atomic mass is 10.1. The largest absolute Gasteiger partial charge is 0.496 e. The summed E-state index contributed by atoms with van der Waals surface area (Å²) < 4.78 is 11.6. The van der Waals surface area contributed by atoms with Crippen LogP contribution in [0.2, 0.25) is 0 Å². The lowest BCUT2D eigenvalue weighted by Crippen LogP contribution is -2.11. The molecule has 2 heterocycles. The lowest BCUT2D eigenvalue weighted by Gasteiger charge is -2.08. The Morgan fingerprint density at radius 3 is 2.81 bits per heavy atom. The number of halogens is 1. The number of rotatable bonds is 4. The molecule has 7 heteroatoms. The molecule has 0 bridgehead atoms. The molecule has 0 spiro atoms. The topological polar surface area (TPSA) is 77.2 Å². The molecule has 0 atom stereocenters. The zero-order chi connectivity index (χ0) is 18.8. The molecule has 2 aromatic carbocycles. The fraction of sp³-hybridized carbons (Fsp3) is 0.0500. The normalized spacial score (nSPS) is 10.7. The third kappa shape index (κ3) is 3.54. The zero-order valence-corrected chi connectivity index (χ0v) is 15.9. The Morgan fingerprint density at radius 2 is 2.04 bits per heavy atom. The highest BCUT2D eigenvalue weighted by Crippen LogP contribution is 2.27. The Labute approximate surface area is 163 Å². The Balaban J connectivity index is 1.59. The SMILES string of the molecule is COc1ccc(C(=O)Nc2cccc(-c3nc4ncccc4o3)c2)cc1Br. The molecule has 0 fully saturated rings. The van der Waals surface area contributed by atoms with E-state index in [0.717, 1.165) is 5.56 Å². The summed E-state index contributed by atoms with van der Waals surface area (Å²) >= 11 is 3.39. The van der Waals surface area contributed by atoms with Gasteiger partial charge in [-0.3, -0.25) is 4.79 Å². The molecular weight excluding hydrogens is 410 g/mol. The minimum atomic E-state index is -0.227. The first-order valence-corrected chi connectivity index (χ1v) is 8.90. The first-order valence-electron chi connectivity index (χ1n) is 8.11. The molecule has 0 radical (unpaired) electrons. The molecule has 6 nitrogen and oxygen atoms in total. The maximum Gasteiger partial charge on any atom is 0.255 e. The monoisotopic (exact) mass is 423 g/mol. The Hall–Kier alpha value is -3.19. The molecule has 0 aliphatic carbocycles. The molecule has 2 aromatic heterocycles. The van der Waals surface area contributed by atoms with Crippen molar-refractivity contribution in [2.75, 3.05) is 12.4 Å². The van der Waals surface area contributed by atoms with E-state index in [1.807, 2.05) is 18.2 Å². The minimum absolute atomic E-state index is 0.227. The number of anilines is 1. The second kappa shape index (κ2) is 7.20. The maximum absolute atomic E-state index is 12.5. The van der Waals surface area contributed by atoms with E-state index in [9.17, 15) is 4.79 Å². The number of carbonyl (C=O) groups is 1. The molecule has 0 unspecified atom stereocenters. The van der Waals surface area contributed by atoms with Crippen molar-refractivity contribution in [3.63, 3.8) is 0 Å². The maximum atomic E-state index is 12.5. The molecule has 0 saturated carbocycles. The van der Waals surface area contributed by atoms with Gasteiger partial charge in [-0.25, -0.2) is 4.98 Å². The van der Waals surface area contributed by atoms with Gasteiger partial charge in [0.2, 0.25) is 5.89 Å². The number of ether oxygens (including phenoxy) is 1. The van der Waals surface area contributed by atoms with Gasteiger partial charge in [0.15, 0.2) is 11.2 Å². The van der Waals surface area contributed by atoms with Crippen LogP contribution in [0.15, 0.2) is 69.7 Å². The van der Waals surface area contributed by atoms with Crippen molar-refractivity contribution in [2.24, 2.45) is 0 Å². The molecule has 1 N–H and O–H groups in total. The second-order valence-corrected chi connectivity index (χ2v) is 6.58. The number of hydrogen-bond donors (Lipinski definition) is 1. The lowest BCUT2D eigenvalue weighted by molar-refractivity contribution is 0.102. The van der Waals surface area contributed by atoms with E-state index in [1.165, 1.54) is 0 Å². The minimum Gasteiger partial charge on any atom is -0.496 e. The van der Waals surface area contributed by atoms with Gasteiger partial charge in [0.1, 0.15) is 5.75 Å². The summed E-state index contributed by atoms with van der Waals surface area (Å²) in [5.74, 6) is 0.889. The summed E-state index contributed by atoms with van der Waals surface area (Å²) in [6.45, 7) is 0. The highest BCUT2D eigenvalue weighted by Gasteiger charge is 2.12. The van der Waals surface area contributed by atoms with Crippen LogP contribution in [0, 0.1) is 0 Å². The molecule has 27 heavy (non-hydrogen) atoms. The number of oxazole rings is 1. The van der Waals surface area contributed by atoms with Crippen molar-refractivity contribution >= 4 is 38.8 Å². The van der Waals surface area contributed by atoms with Crippen LogP contribution in [0.4, 0.5) is 5.69 Å². The predicted molar refractivity (Wildman–Crippen MR) is 106 cm³/mol. The van der Waals surface area contributed by atoms with E-state index in [4.69, 9.17) is 9.15 Å². The number of nitrogens with zero attached hydrogens (tertiary/aromatic N) is 2. The van der Waals surface area contributed by atoms with Crippen LogP contribution in [0.3, 0.4) is 0 Å². The van der Waals surface area contributed by atoms with E-state index in [1.54, 1.807) is 49.7 Å². The summed E-state index contributed by atoms with van der Waals surface area (Å²) in [7, 11) is 1.58. The zero-order valence-electron chi connectivity index (χ0n) is 14.3. The first-order chi connectivity index (χ1) is 13.1. The standard InChI is InChI=1S/C20H14BrN3O3/c1-26-16-8-7-12(11-15(16)21)19(25)23-14-5-2-4-13(10-14)20-24-18-17(27-20)6-3-9-22-18/h2-11H,1H3,(H,23,25). The van der Waals surface area contributed by atoms with Crippen molar-refractivity contribution in [3.05, 3.63) is 70.8 Å². The van der Waals surface area contributed by atoms with Gasteiger partial charge >= 0.3 is 0 Å². The van der Waals surface area contributed by atoms with E-state index < -0.39 is 0 Å². The smallest absolute Gasteiger partial charge is 0.255 e. The van der Waals surface area contributed by atoms with E-state index in [2.05, 4.69) is 31.2 Å². The Morgan fingerprint density at radius 1 is 1.15 bits per heavy atom. The van der Waals surface area contributed by atoms with Gasteiger partial charge in [0, 0.05) is 23.0 Å². The molecule has 0 aliphatic heterocycles. The molecule has 1 amide bonds. The molecule has 4 rings (SSSR count). The number of fused-ring (bicyclic) bond motifs is 1. The number of nitrogens with one attached hydrogen (secondary N) is 1. The van der Waals surface area contributed by atoms with Crippen LogP contribution >= 0.6 is 15.9 Å². The van der Waals surface area contributed by atoms with E-state index >= 15 is 0 Å². The fourth-order valence-electron chi connectivity index (χ4n) is 2.63. The first kappa shape index (κ1) is 17.2. The summed E-state index contributed by atoms with van der Waals surface area (Å²) in [5, 5.41) is 2.88. The van der Waals surface area contributed by atoms with Crippen molar-refractivity contribution in [2.45, 2.75) is 0 Å². The molecule has 134 valence electrons. The molecule has 4 aromatic rings. The highest BCUT2D eigenvalue weighted by atomic mass is 79.9. The van der Waals surface area contributed by atoms with Crippen molar-refractivity contribution in [1.29, 1.82) is 0 Å². The average Bonchev–Trinajstić information content (AvgIpc) is 3.12. The molecular formula is C20H14BrN3O3. The summed E-state index contributed by atoms with van der Waals surface area (Å²) in [5.41, 5.74) is 3.07. The van der Waals surface area contributed by atoms with Gasteiger partial charge in [-0.2, -0.15) is 4.98 Å². The summed E-state index contributed by atoms with van der Waals surface area (Å²) in [4.78, 5) is 21.1. The summed E-state index contributed by atoms with van der Waals surface area (Å²) in [6.07, 6.45) is 1.66. The highest BCUT2D eigenvalue weighted by molar-refractivity contribution is 9.10. The Bertz CT molecular complexity index is 1110. The fourth-order valence-corrected chi connectivity index (χ4v) is 3.17. The van der Waals surface area contributed by atoms with E-state index in [-0.39, 0.29) is 5.91 Å².